The second kappa shape index (κ2) is 13.8. The van der Waals surface area contributed by atoms with Gasteiger partial charge in [0.05, 0.1) is 11.4 Å². The maximum absolute atomic E-state index is 12.3. The van der Waals surface area contributed by atoms with Gasteiger partial charge in [0.1, 0.15) is 21.2 Å². The molecule has 0 bridgehead atoms. The number of phenolic OH excluding ortho intramolecular Hbond substituents is 2. The molecule has 6 aromatic carbocycles. The first kappa shape index (κ1) is 34.6. The summed E-state index contributed by atoms with van der Waals surface area (Å²) in [7, 11) is -9.67. The first-order valence-electron chi connectivity index (χ1n) is 13.6. The number of aromatic hydroxyl groups is 2. The summed E-state index contributed by atoms with van der Waals surface area (Å²) in [6.45, 7) is 0. The molecule has 0 aliphatic heterocycles. The molecular formula is C32H23N5NaO8S2. The van der Waals surface area contributed by atoms with Gasteiger partial charge in [0, 0.05) is 51.7 Å². The number of azo groups is 2. The monoisotopic (exact) mass is 692 g/mol. The second-order valence-corrected chi connectivity index (χ2v) is 12.9. The number of nitrogens with zero attached hydrogens (tertiary/aromatic N) is 4. The van der Waals surface area contributed by atoms with Gasteiger partial charge < -0.3 is 15.5 Å². The summed E-state index contributed by atoms with van der Waals surface area (Å²) in [6, 6.07) is 28.4. The van der Waals surface area contributed by atoms with Crippen LogP contribution >= 0.6 is 0 Å². The zero-order chi connectivity index (χ0) is 33.3. The van der Waals surface area contributed by atoms with E-state index in [1.54, 1.807) is 72.8 Å². The molecule has 16 heteroatoms. The van der Waals surface area contributed by atoms with Crippen LogP contribution in [0.25, 0.3) is 21.5 Å². The molecule has 0 unspecified atom stereocenters. The fourth-order valence-electron chi connectivity index (χ4n) is 4.82. The summed E-state index contributed by atoms with van der Waals surface area (Å²) in [6.07, 6.45) is 0. The maximum Gasteiger partial charge on any atom is 0.296 e. The molecule has 0 aliphatic carbocycles. The molecule has 1 radical (unpaired) electrons. The summed E-state index contributed by atoms with van der Waals surface area (Å²) in [5, 5.41) is 41.7. The standard InChI is InChI=1S/C32H23N5O8S2.Na/c38-31-25-13-11-23(15-19(25)17-27(46(40,41)42)29(31)36-34-21-7-3-1-4-8-21)33-24-12-14-26-20(16-24)18-28(47(43,44)45)30(32(26)39)37-35-22-9-5-2-6-10-22;/h1-18,33,38-39H,(H,40,41,42)(H,43,44,45);. The Morgan fingerprint density at radius 3 is 1.23 bits per heavy atom. The third-order valence-corrected chi connectivity index (χ3v) is 8.72. The average molecular weight is 693 g/mol. The van der Waals surface area contributed by atoms with Gasteiger partial charge in [-0.15, -0.1) is 10.2 Å². The van der Waals surface area contributed by atoms with Gasteiger partial charge in [0.25, 0.3) is 20.2 Å². The van der Waals surface area contributed by atoms with E-state index >= 15 is 0 Å². The predicted octanol–water partition coefficient (Wildman–Crippen LogP) is 8.09. The first-order chi connectivity index (χ1) is 22.4. The molecule has 0 aliphatic rings. The molecule has 0 fully saturated rings. The van der Waals surface area contributed by atoms with Gasteiger partial charge in [-0.3, -0.25) is 9.11 Å². The summed E-state index contributed by atoms with van der Waals surface area (Å²) in [4.78, 5) is -1.31. The van der Waals surface area contributed by atoms with Crippen molar-refractivity contribution in [3.63, 3.8) is 0 Å². The predicted molar refractivity (Wildman–Crippen MR) is 181 cm³/mol. The molecular weight excluding hydrogens is 670 g/mol. The Bertz CT molecular complexity index is 2290. The van der Waals surface area contributed by atoms with Gasteiger partial charge in [-0.2, -0.15) is 27.1 Å². The number of benzene rings is 6. The van der Waals surface area contributed by atoms with E-state index in [0.717, 1.165) is 12.1 Å². The van der Waals surface area contributed by atoms with Crippen LogP contribution < -0.4 is 5.32 Å². The number of fused-ring (bicyclic) bond motifs is 2. The van der Waals surface area contributed by atoms with E-state index in [0.29, 0.717) is 22.7 Å². The quantitative estimate of drug-likeness (QED) is 0.0592. The zero-order valence-electron chi connectivity index (χ0n) is 24.9. The molecule has 0 saturated carbocycles. The third-order valence-electron chi connectivity index (χ3n) is 6.99. The zero-order valence-corrected chi connectivity index (χ0v) is 28.6. The largest absolute Gasteiger partial charge is 0.505 e. The van der Waals surface area contributed by atoms with Crippen molar-refractivity contribution in [3.05, 3.63) is 109 Å². The maximum atomic E-state index is 12.3. The SMILES string of the molecule is O=S(=O)(O)c1cc2cc(Nc3ccc4c(O)c(N=Nc5ccccc5)c(S(=O)(=O)O)cc4c3)ccc2c(O)c1N=Nc1ccccc1.[Na]. The molecule has 0 saturated heterocycles. The van der Waals surface area contributed by atoms with Crippen LogP contribution in [-0.2, 0) is 20.2 Å². The molecule has 0 amide bonds. The Labute approximate surface area is 296 Å². The van der Waals surface area contributed by atoms with E-state index in [1.807, 2.05) is 0 Å². The van der Waals surface area contributed by atoms with Crippen LogP contribution in [0.5, 0.6) is 11.5 Å². The van der Waals surface area contributed by atoms with E-state index in [-0.39, 0.29) is 51.1 Å². The first-order valence-corrected chi connectivity index (χ1v) is 16.5. The molecule has 6 rings (SSSR count). The Balaban J connectivity index is 0.00000451. The summed E-state index contributed by atoms with van der Waals surface area (Å²) in [5.41, 5.74) is 0.765. The average Bonchev–Trinajstić information content (AvgIpc) is 3.03. The van der Waals surface area contributed by atoms with Gasteiger partial charge in [-0.25, -0.2) is 0 Å². The van der Waals surface area contributed by atoms with Crippen LogP contribution in [0.4, 0.5) is 34.1 Å². The number of phenols is 2. The van der Waals surface area contributed by atoms with E-state index < -0.39 is 52.9 Å². The summed E-state index contributed by atoms with van der Waals surface area (Å²) >= 11 is 0. The number of anilines is 2. The normalized spacial score (nSPS) is 12.1. The van der Waals surface area contributed by atoms with Crippen LogP contribution in [0.1, 0.15) is 0 Å². The van der Waals surface area contributed by atoms with Gasteiger partial charge in [-0.1, -0.05) is 36.4 Å². The molecule has 0 spiro atoms. The molecule has 0 heterocycles. The minimum atomic E-state index is -4.83. The van der Waals surface area contributed by atoms with Crippen molar-refractivity contribution in [3.8, 4) is 11.5 Å². The van der Waals surface area contributed by atoms with Crippen LogP contribution in [-0.4, -0.2) is 65.7 Å². The molecule has 0 atom stereocenters. The minimum Gasteiger partial charge on any atom is -0.505 e. The van der Waals surface area contributed by atoms with Gasteiger partial charge in [-0.05, 0) is 83.6 Å². The Hall–Kier alpha value is -4.74. The van der Waals surface area contributed by atoms with Gasteiger partial charge in [0.15, 0.2) is 11.5 Å². The minimum absolute atomic E-state index is 0. The van der Waals surface area contributed by atoms with Crippen molar-refractivity contribution in [1.82, 2.24) is 0 Å². The fourth-order valence-corrected chi connectivity index (χ4v) is 6.13. The van der Waals surface area contributed by atoms with Crippen molar-refractivity contribution in [1.29, 1.82) is 0 Å². The summed E-state index contributed by atoms with van der Waals surface area (Å²) in [5.74, 6) is -1.03. The van der Waals surface area contributed by atoms with Crippen LogP contribution in [0, 0.1) is 0 Å². The van der Waals surface area contributed by atoms with Crippen LogP contribution in [0.3, 0.4) is 0 Å². The number of hydrogen-bond acceptors (Lipinski definition) is 11. The van der Waals surface area contributed by atoms with E-state index in [2.05, 4.69) is 25.8 Å². The molecule has 5 N–H and O–H groups in total. The Morgan fingerprint density at radius 2 is 0.875 bits per heavy atom. The van der Waals surface area contributed by atoms with Crippen molar-refractivity contribution in [2.24, 2.45) is 20.5 Å². The molecule has 48 heavy (non-hydrogen) atoms. The van der Waals surface area contributed by atoms with E-state index in [9.17, 15) is 36.2 Å². The van der Waals surface area contributed by atoms with E-state index in [1.165, 1.54) is 24.3 Å². The topological polar surface area (TPSA) is 211 Å². The van der Waals surface area contributed by atoms with Crippen molar-refractivity contribution in [2.75, 3.05) is 5.32 Å². The number of rotatable bonds is 8. The van der Waals surface area contributed by atoms with Gasteiger partial charge in [0.2, 0.25) is 0 Å². The molecule has 6 aromatic rings. The Kier molecular flexibility index (Phi) is 9.93. The number of hydrogen-bond donors (Lipinski definition) is 5. The smallest absolute Gasteiger partial charge is 0.296 e. The molecule has 237 valence electrons. The van der Waals surface area contributed by atoms with Crippen LogP contribution in [0.15, 0.2) is 139 Å². The fraction of sp³-hybridized carbons (Fsp3) is 0. The molecule has 13 nitrogen and oxygen atoms in total. The second-order valence-electron chi connectivity index (χ2n) is 10.2. The van der Waals surface area contributed by atoms with Crippen molar-refractivity contribution in [2.45, 2.75) is 9.79 Å². The molecule has 0 aromatic heterocycles. The van der Waals surface area contributed by atoms with Gasteiger partial charge >= 0.3 is 0 Å². The van der Waals surface area contributed by atoms with Crippen molar-refractivity contribution >= 4 is 105 Å². The van der Waals surface area contributed by atoms with Crippen molar-refractivity contribution < 1.29 is 36.2 Å². The van der Waals surface area contributed by atoms with Crippen LogP contribution in [0.2, 0.25) is 0 Å². The van der Waals surface area contributed by atoms with E-state index in [4.69, 9.17) is 0 Å². The summed E-state index contributed by atoms with van der Waals surface area (Å²) < 4.78 is 68.9. The number of nitrogens with one attached hydrogen (secondary N) is 1. The Morgan fingerprint density at radius 1 is 0.500 bits per heavy atom. The third kappa shape index (κ3) is 7.37.